The van der Waals surface area contributed by atoms with E-state index < -0.39 is 17.9 Å². The minimum atomic E-state index is -0.939. The van der Waals surface area contributed by atoms with Crippen molar-refractivity contribution in [3.8, 4) is 0 Å². The highest BCUT2D eigenvalue weighted by Crippen LogP contribution is 2.19. The molecule has 0 fully saturated rings. The fourth-order valence-electron chi connectivity index (χ4n) is 2.05. The van der Waals surface area contributed by atoms with Gasteiger partial charge in [-0.25, -0.2) is 9.18 Å². The van der Waals surface area contributed by atoms with Crippen LogP contribution in [0.4, 0.5) is 4.39 Å². The maximum Gasteiger partial charge on any atom is 0.333 e. The monoisotopic (exact) mass is 379 g/mol. The van der Waals surface area contributed by atoms with E-state index in [-0.39, 0.29) is 11.4 Å². The first kappa shape index (κ1) is 17.1. The average Bonchev–Trinajstić information content (AvgIpc) is 2.55. The molecule has 1 amide bonds. The Morgan fingerprint density at radius 1 is 1.17 bits per heavy atom. The molecule has 4 nitrogen and oxygen atoms in total. The molecule has 0 radical (unpaired) electrons. The summed E-state index contributed by atoms with van der Waals surface area (Å²) in [6.07, 6.45) is 0. The lowest BCUT2D eigenvalue weighted by molar-refractivity contribution is -0.143. The number of carbonyl (C=O) groups is 2. The molecule has 120 valence electrons. The number of ether oxygens (including phenoxy) is 1. The second-order valence-electron chi connectivity index (χ2n) is 4.95. The number of hydrogen-bond donors (Lipinski definition) is 1. The third-order valence-corrected chi connectivity index (χ3v) is 3.86. The summed E-state index contributed by atoms with van der Waals surface area (Å²) >= 11 is 3.31. The maximum absolute atomic E-state index is 13.3. The first-order chi connectivity index (χ1) is 10.9. The quantitative estimate of drug-likeness (QED) is 0.826. The Hall–Kier alpha value is -2.21. The highest BCUT2D eigenvalue weighted by Gasteiger charge is 2.24. The van der Waals surface area contributed by atoms with Crippen LogP contribution in [0.2, 0.25) is 0 Å². The fourth-order valence-corrected chi connectivity index (χ4v) is 2.32. The molecule has 1 N–H and O–H groups in total. The predicted molar refractivity (Wildman–Crippen MR) is 87.5 cm³/mol. The number of halogens is 2. The zero-order valence-corrected chi connectivity index (χ0v) is 14.2. The highest BCUT2D eigenvalue weighted by molar-refractivity contribution is 9.10. The topological polar surface area (TPSA) is 55.4 Å². The molecular weight excluding hydrogens is 365 g/mol. The van der Waals surface area contributed by atoms with E-state index in [0.717, 1.165) is 4.47 Å². The van der Waals surface area contributed by atoms with Crippen molar-refractivity contribution in [2.45, 2.75) is 13.0 Å². The molecule has 1 atom stereocenters. The summed E-state index contributed by atoms with van der Waals surface area (Å²) in [5.74, 6) is -1.45. The molecule has 2 aromatic carbocycles. The molecule has 2 aromatic rings. The van der Waals surface area contributed by atoms with Crippen LogP contribution >= 0.6 is 15.9 Å². The molecule has 0 bridgehead atoms. The van der Waals surface area contributed by atoms with Gasteiger partial charge in [-0.1, -0.05) is 28.1 Å². The van der Waals surface area contributed by atoms with Crippen LogP contribution in [-0.2, 0) is 9.53 Å². The normalized spacial score (nSPS) is 11.7. The van der Waals surface area contributed by atoms with Crippen molar-refractivity contribution in [1.82, 2.24) is 5.32 Å². The van der Waals surface area contributed by atoms with Crippen molar-refractivity contribution < 1.29 is 18.7 Å². The molecule has 0 saturated carbocycles. The van der Waals surface area contributed by atoms with Crippen LogP contribution in [0.5, 0.6) is 0 Å². The van der Waals surface area contributed by atoms with Crippen LogP contribution in [0.1, 0.15) is 27.5 Å². The average molecular weight is 380 g/mol. The van der Waals surface area contributed by atoms with Crippen molar-refractivity contribution in [2.24, 2.45) is 0 Å². The molecule has 0 spiro atoms. The van der Waals surface area contributed by atoms with Crippen molar-refractivity contribution in [3.63, 3.8) is 0 Å². The van der Waals surface area contributed by atoms with Crippen molar-refractivity contribution in [2.75, 3.05) is 7.11 Å². The number of benzene rings is 2. The molecule has 0 aliphatic rings. The van der Waals surface area contributed by atoms with Gasteiger partial charge in [0.25, 0.3) is 5.91 Å². The number of nitrogens with one attached hydrogen (secondary N) is 1. The zero-order valence-electron chi connectivity index (χ0n) is 12.6. The summed E-state index contributed by atoms with van der Waals surface area (Å²) in [6, 6.07) is 10.0. The van der Waals surface area contributed by atoms with Gasteiger partial charge in [0.2, 0.25) is 0 Å². The van der Waals surface area contributed by atoms with Crippen LogP contribution in [0.3, 0.4) is 0 Å². The third-order valence-electron chi connectivity index (χ3n) is 3.34. The second kappa shape index (κ2) is 7.37. The lowest BCUT2D eigenvalue weighted by Crippen LogP contribution is -2.34. The SMILES string of the molecule is COC(=O)C(NC(=O)c1ccc(F)c(C)c1)c1ccc(Br)cc1. The van der Waals surface area contributed by atoms with Gasteiger partial charge in [0.1, 0.15) is 5.82 Å². The van der Waals surface area contributed by atoms with Crippen molar-refractivity contribution >= 4 is 27.8 Å². The van der Waals surface area contributed by atoms with E-state index in [2.05, 4.69) is 21.2 Å². The van der Waals surface area contributed by atoms with Gasteiger partial charge in [0, 0.05) is 10.0 Å². The number of rotatable bonds is 4. The van der Waals surface area contributed by atoms with Gasteiger partial charge in [-0.3, -0.25) is 4.79 Å². The molecule has 6 heteroatoms. The summed E-state index contributed by atoms with van der Waals surface area (Å²) < 4.78 is 18.9. The van der Waals surface area contributed by atoms with E-state index in [9.17, 15) is 14.0 Å². The number of methoxy groups -OCH3 is 1. The molecule has 0 aliphatic heterocycles. The minimum Gasteiger partial charge on any atom is -0.467 e. The fraction of sp³-hybridized carbons (Fsp3) is 0.176. The molecule has 0 heterocycles. The van der Waals surface area contributed by atoms with Gasteiger partial charge >= 0.3 is 5.97 Å². The molecular formula is C17H15BrFNO3. The van der Waals surface area contributed by atoms with Gasteiger partial charge < -0.3 is 10.1 Å². The molecule has 1 unspecified atom stereocenters. The van der Waals surface area contributed by atoms with Gasteiger partial charge in [-0.05, 0) is 48.4 Å². The zero-order chi connectivity index (χ0) is 17.0. The van der Waals surface area contributed by atoms with E-state index in [4.69, 9.17) is 4.74 Å². The van der Waals surface area contributed by atoms with E-state index in [0.29, 0.717) is 11.1 Å². The Labute approximate surface area is 141 Å². The maximum atomic E-state index is 13.3. The van der Waals surface area contributed by atoms with Gasteiger partial charge in [0.05, 0.1) is 7.11 Å². The number of amides is 1. The Bertz CT molecular complexity index is 731. The Balaban J connectivity index is 2.26. The summed E-state index contributed by atoms with van der Waals surface area (Å²) in [5, 5.41) is 2.62. The lowest BCUT2D eigenvalue weighted by atomic mass is 10.1. The Morgan fingerprint density at radius 2 is 1.83 bits per heavy atom. The standard InChI is InChI=1S/C17H15BrFNO3/c1-10-9-12(5-8-14(10)19)16(21)20-15(17(22)23-2)11-3-6-13(18)7-4-11/h3-9,15H,1-2H3,(H,20,21). The predicted octanol–water partition coefficient (Wildman–Crippen LogP) is 3.54. The summed E-state index contributed by atoms with van der Waals surface area (Å²) in [6.45, 7) is 1.57. The highest BCUT2D eigenvalue weighted by atomic mass is 79.9. The van der Waals surface area contributed by atoms with Gasteiger partial charge in [-0.2, -0.15) is 0 Å². The van der Waals surface area contributed by atoms with E-state index in [1.807, 2.05) is 0 Å². The Kier molecular flexibility index (Phi) is 5.50. The lowest BCUT2D eigenvalue weighted by Gasteiger charge is -2.17. The van der Waals surface area contributed by atoms with Crippen LogP contribution in [-0.4, -0.2) is 19.0 Å². The summed E-state index contributed by atoms with van der Waals surface area (Å²) in [5.41, 5.74) is 1.22. The summed E-state index contributed by atoms with van der Waals surface area (Å²) in [7, 11) is 1.25. The Morgan fingerprint density at radius 3 is 2.39 bits per heavy atom. The molecule has 0 aromatic heterocycles. The largest absolute Gasteiger partial charge is 0.467 e. The van der Waals surface area contributed by atoms with Crippen LogP contribution in [0.15, 0.2) is 46.9 Å². The van der Waals surface area contributed by atoms with E-state index >= 15 is 0 Å². The molecule has 2 rings (SSSR count). The van der Waals surface area contributed by atoms with Crippen LogP contribution in [0.25, 0.3) is 0 Å². The number of esters is 1. The second-order valence-corrected chi connectivity index (χ2v) is 5.86. The van der Waals surface area contributed by atoms with E-state index in [1.54, 1.807) is 31.2 Å². The van der Waals surface area contributed by atoms with Crippen molar-refractivity contribution in [3.05, 3.63) is 69.4 Å². The van der Waals surface area contributed by atoms with Gasteiger partial charge in [-0.15, -0.1) is 0 Å². The number of carbonyl (C=O) groups excluding carboxylic acids is 2. The van der Waals surface area contributed by atoms with Crippen LogP contribution in [0, 0.1) is 12.7 Å². The minimum absolute atomic E-state index is 0.273. The number of hydrogen-bond acceptors (Lipinski definition) is 3. The molecule has 0 aliphatic carbocycles. The number of aryl methyl sites for hydroxylation is 1. The smallest absolute Gasteiger partial charge is 0.333 e. The van der Waals surface area contributed by atoms with E-state index in [1.165, 1.54) is 25.3 Å². The van der Waals surface area contributed by atoms with Gasteiger partial charge in [0.15, 0.2) is 6.04 Å². The first-order valence-corrected chi connectivity index (χ1v) is 7.62. The molecule has 0 saturated heterocycles. The third kappa shape index (κ3) is 4.16. The van der Waals surface area contributed by atoms with Crippen LogP contribution < -0.4 is 5.32 Å². The van der Waals surface area contributed by atoms with Crippen molar-refractivity contribution in [1.29, 1.82) is 0 Å². The first-order valence-electron chi connectivity index (χ1n) is 6.82. The molecule has 23 heavy (non-hydrogen) atoms. The summed E-state index contributed by atoms with van der Waals surface area (Å²) in [4.78, 5) is 24.3.